The van der Waals surface area contributed by atoms with E-state index in [1.54, 1.807) is 12.5 Å². The van der Waals surface area contributed by atoms with Gasteiger partial charge in [0.25, 0.3) is 0 Å². The second-order valence-corrected chi connectivity index (χ2v) is 5.14. The van der Waals surface area contributed by atoms with Gasteiger partial charge >= 0.3 is 12.0 Å². The Kier molecular flexibility index (Phi) is 5.27. The highest BCUT2D eigenvalue weighted by molar-refractivity contribution is 7.09. The Morgan fingerprint density at radius 3 is 2.90 bits per heavy atom. The fourth-order valence-corrected chi connectivity index (χ4v) is 2.30. The van der Waals surface area contributed by atoms with E-state index in [1.165, 1.54) is 16.7 Å². The molecule has 0 bridgehead atoms. The van der Waals surface area contributed by atoms with Gasteiger partial charge in [-0.05, 0) is 6.42 Å². The van der Waals surface area contributed by atoms with Crippen LogP contribution in [0.3, 0.4) is 0 Å². The topological polar surface area (TPSA) is 109 Å². The van der Waals surface area contributed by atoms with Crippen LogP contribution in [0.15, 0.2) is 24.1 Å². The molecule has 2 aromatic heterocycles. The SMILES string of the molecule is O=C(NCCCn1ccnc1)NCc1nc(C(=O)O)cs1. The zero-order chi connectivity index (χ0) is 15.1. The van der Waals surface area contributed by atoms with Gasteiger partial charge in [0, 0.05) is 30.9 Å². The van der Waals surface area contributed by atoms with Crippen LogP contribution in [0.25, 0.3) is 0 Å². The summed E-state index contributed by atoms with van der Waals surface area (Å²) in [6.07, 6.45) is 6.09. The molecule has 0 spiro atoms. The first-order valence-electron chi connectivity index (χ1n) is 6.30. The predicted octanol–water partition coefficient (Wildman–Crippen LogP) is 0.927. The smallest absolute Gasteiger partial charge is 0.355 e. The predicted molar refractivity (Wildman–Crippen MR) is 76.2 cm³/mol. The van der Waals surface area contributed by atoms with E-state index in [0.29, 0.717) is 11.6 Å². The van der Waals surface area contributed by atoms with E-state index >= 15 is 0 Å². The van der Waals surface area contributed by atoms with Gasteiger partial charge in [0.1, 0.15) is 5.01 Å². The molecule has 2 aromatic rings. The van der Waals surface area contributed by atoms with Crippen LogP contribution in [0, 0.1) is 0 Å². The number of aromatic nitrogens is 3. The van der Waals surface area contributed by atoms with Gasteiger partial charge in [0.15, 0.2) is 5.69 Å². The molecule has 0 aliphatic carbocycles. The number of carboxylic acids is 1. The molecular weight excluding hydrogens is 294 g/mol. The van der Waals surface area contributed by atoms with E-state index < -0.39 is 5.97 Å². The molecule has 2 rings (SSSR count). The van der Waals surface area contributed by atoms with Crippen LogP contribution in [0.1, 0.15) is 21.9 Å². The summed E-state index contributed by atoms with van der Waals surface area (Å²) in [6, 6.07) is -0.298. The first kappa shape index (κ1) is 15.0. The summed E-state index contributed by atoms with van der Waals surface area (Å²) in [7, 11) is 0. The average Bonchev–Trinajstić information content (AvgIpc) is 3.12. The molecule has 2 amide bonds. The number of carboxylic acid groups (broad SMARTS) is 1. The van der Waals surface area contributed by atoms with Gasteiger partial charge in [0.2, 0.25) is 0 Å². The Hall–Kier alpha value is -2.42. The molecule has 112 valence electrons. The van der Waals surface area contributed by atoms with Gasteiger partial charge in [-0.15, -0.1) is 11.3 Å². The molecule has 2 heterocycles. The van der Waals surface area contributed by atoms with Crippen LogP contribution < -0.4 is 10.6 Å². The zero-order valence-corrected chi connectivity index (χ0v) is 12.0. The first-order chi connectivity index (χ1) is 10.1. The van der Waals surface area contributed by atoms with Gasteiger partial charge in [-0.2, -0.15) is 0 Å². The summed E-state index contributed by atoms with van der Waals surface area (Å²) in [4.78, 5) is 30.0. The lowest BCUT2D eigenvalue weighted by Crippen LogP contribution is -2.35. The lowest BCUT2D eigenvalue weighted by Gasteiger charge is -2.06. The van der Waals surface area contributed by atoms with Crippen LogP contribution in [0.4, 0.5) is 4.79 Å². The second-order valence-electron chi connectivity index (χ2n) is 4.20. The molecule has 0 aliphatic heterocycles. The number of carbonyl (C=O) groups is 2. The molecule has 0 saturated carbocycles. The summed E-state index contributed by atoms with van der Waals surface area (Å²) >= 11 is 1.20. The third-order valence-electron chi connectivity index (χ3n) is 2.61. The monoisotopic (exact) mass is 309 g/mol. The number of urea groups is 1. The highest BCUT2D eigenvalue weighted by Gasteiger charge is 2.09. The van der Waals surface area contributed by atoms with Crippen LogP contribution in [0.5, 0.6) is 0 Å². The van der Waals surface area contributed by atoms with Crippen molar-refractivity contribution in [3.8, 4) is 0 Å². The fourth-order valence-electron chi connectivity index (χ4n) is 1.59. The number of aromatic carboxylic acids is 1. The third kappa shape index (κ3) is 4.88. The largest absolute Gasteiger partial charge is 0.476 e. The summed E-state index contributed by atoms with van der Waals surface area (Å²) in [5, 5.41) is 16.1. The quantitative estimate of drug-likeness (QED) is 0.659. The summed E-state index contributed by atoms with van der Waals surface area (Å²) < 4.78 is 1.93. The van der Waals surface area contributed by atoms with Crippen molar-refractivity contribution < 1.29 is 14.7 Å². The van der Waals surface area contributed by atoms with Crippen molar-refractivity contribution in [3.63, 3.8) is 0 Å². The molecule has 0 radical (unpaired) electrons. The van der Waals surface area contributed by atoms with E-state index in [1.807, 2.05) is 10.8 Å². The summed E-state index contributed by atoms with van der Waals surface area (Å²) in [6.45, 7) is 1.54. The van der Waals surface area contributed by atoms with E-state index in [9.17, 15) is 9.59 Å². The van der Waals surface area contributed by atoms with Crippen molar-refractivity contribution in [2.24, 2.45) is 0 Å². The number of hydrogen-bond donors (Lipinski definition) is 3. The normalized spacial score (nSPS) is 10.3. The first-order valence-corrected chi connectivity index (χ1v) is 7.18. The molecule has 0 aromatic carbocycles. The third-order valence-corrected chi connectivity index (χ3v) is 3.46. The Bertz CT molecular complexity index is 596. The van der Waals surface area contributed by atoms with E-state index in [4.69, 9.17) is 5.11 Å². The fraction of sp³-hybridized carbons (Fsp3) is 0.333. The Morgan fingerprint density at radius 1 is 1.38 bits per heavy atom. The number of carbonyl (C=O) groups excluding carboxylic acids is 1. The number of imidazole rings is 1. The van der Waals surface area contributed by atoms with E-state index in [2.05, 4.69) is 20.6 Å². The lowest BCUT2D eigenvalue weighted by atomic mass is 10.4. The maximum atomic E-state index is 11.5. The summed E-state index contributed by atoms with van der Waals surface area (Å²) in [5.41, 5.74) is -0.00228. The maximum absolute atomic E-state index is 11.5. The van der Waals surface area contributed by atoms with Gasteiger partial charge in [-0.25, -0.2) is 19.6 Å². The van der Waals surface area contributed by atoms with E-state index in [0.717, 1.165) is 13.0 Å². The molecule has 0 saturated heterocycles. The van der Waals surface area contributed by atoms with Crippen molar-refractivity contribution in [3.05, 3.63) is 34.8 Å². The standard InChI is InChI=1S/C12H15N5O3S/c18-11(19)9-7-21-10(16-9)6-15-12(20)14-2-1-4-17-5-3-13-8-17/h3,5,7-8H,1-2,4,6H2,(H,18,19)(H2,14,15,20). The van der Waals surface area contributed by atoms with Crippen LogP contribution in [-0.2, 0) is 13.1 Å². The van der Waals surface area contributed by atoms with Gasteiger partial charge < -0.3 is 20.3 Å². The molecule has 9 heteroatoms. The van der Waals surface area contributed by atoms with Crippen molar-refractivity contribution in [1.82, 2.24) is 25.2 Å². The lowest BCUT2D eigenvalue weighted by molar-refractivity contribution is 0.0691. The van der Waals surface area contributed by atoms with Gasteiger partial charge in [-0.3, -0.25) is 0 Å². The highest BCUT2D eigenvalue weighted by atomic mass is 32.1. The Labute approximate surface area is 124 Å². The highest BCUT2D eigenvalue weighted by Crippen LogP contribution is 2.09. The average molecular weight is 309 g/mol. The minimum Gasteiger partial charge on any atom is -0.476 e. The molecule has 0 unspecified atom stereocenters. The number of hydrogen-bond acceptors (Lipinski definition) is 5. The van der Waals surface area contributed by atoms with Gasteiger partial charge in [-0.1, -0.05) is 0 Å². The maximum Gasteiger partial charge on any atom is 0.355 e. The van der Waals surface area contributed by atoms with Crippen LogP contribution in [0.2, 0.25) is 0 Å². The summed E-state index contributed by atoms with van der Waals surface area (Å²) in [5.74, 6) is -1.07. The minimum atomic E-state index is -1.07. The van der Waals surface area contributed by atoms with Crippen LogP contribution >= 0.6 is 11.3 Å². The van der Waals surface area contributed by atoms with Crippen molar-refractivity contribution in [1.29, 1.82) is 0 Å². The van der Waals surface area contributed by atoms with Gasteiger partial charge in [0.05, 0.1) is 12.9 Å². The molecular formula is C12H15N5O3S. The van der Waals surface area contributed by atoms with E-state index in [-0.39, 0.29) is 18.3 Å². The van der Waals surface area contributed by atoms with Crippen molar-refractivity contribution in [2.45, 2.75) is 19.5 Å². The van der Waals surface area contributed by atoms with Crippen LogP contribution in [-0.4, -0.2) is 38.2 Å². The molecule has 21 heavy (non-hydrogen) atoms. The molecule has 3 N–H and O–H groups in total. The molecule has 0 aliphatic rings. The number of nitrogens with zero attached hydrogens (tertiary/aromatic N) is 3. The number of aryl methyl sites for hydroxylation is 1. The molecule has 8 nitrogen and oxygen atoms in total. The second kappa shape index (κ2) is 7.39. The number of rotatable bonds is 7. The Morgan fingerprint density at radius 2 is 2.24 bits per heavy atom. The number of amides is 2. The number of nitrogens with one attached hydrogen (secondary N) is 2. The minimum absolute atomic E-state index is 0.00228. The zero-order valence-electron chi connectivity index (χ0n) is 11.2. The van der Waals surface area contributed by atoms with Crippen molar-refractivity contribution >= 4 is 23.3 Å². The van der Waals surface area contributed by atoms with Crippen molar-refractivity contribution in [2.75, 3.05) is 6.54 Å². The molecule has 0 fully saturated rings. The number of thiazole rings is 1. The Balaban J connectivity index is 1.61. The molecule has 0 atom stereocenters.